The summed E-state index contributed by atoms with van der Waals surface area (Å²) in [5, 5.41) is 10.5. The number of aliphatic hydroxyl groups is 1. The molecule has 0 radical (unpaired) electrons. The first-order valence-corrected chi connectivity index (χ1v) is 8.70. The van der Waals surface area contributed by atoms with Crippen molar-refractivity contribution < 1.29 is 5.11 Å². The highest BCUT2D eigenvalue weighted by atomic mass is 16.3. The van der Waals surface area contributed by atoms with Crippen LogP contribution in [-0.4, -0.2) is 31.7 Å². The smallest absolute Gasteiger partial charge is 0.330 e. The number of hydrogen-bond acceptors (Lipinski definition) is 4. The van der Waals surface area contributed by atoms with Crippen LogP contribution in [0.1, 0.15) is 36.5 Å². The van der Waals surface area contributed by atoms with Crippen molar-refractivity contribution in [1.29, 1.82) is 0 Å². The van der Waals surface area contributed by atoms with Gasteiger partial charge in [-0.15, -0.1) is 0 Å². The minimum absolute atomic E-state index is 0.233. The molecule has 2 heterocycles. The van der Waals surface area contributed by atoms with Gasteiger partial charge in [0.05, 0.1) is 6.10 Å². The van der Waals surface area contributed by atoms with Crippen LogP contribution in [0.15, 0.2) is 46.1 Å². The molecule has 6 heteroatoms. The zero-order chi connectivity index (χ0) is 18.0. The molecule has 3 rings (SSSR count). The molecule has 1 aliphatic heterocycles. The molecule has 0 amide bonds. The predicted octanol–water partition coefficient (Wildman–Crippen LogP) is 1.17. The lowest BCUT2D eigenvalue weighted by atomic mass is 10.0. The van der Waals surface area contributed by atoms with Crippen LogP contribution >= 0.6 is 0 Å². The SMILES string of the molecule is Cn1cc(CN2CCC[C@@H]2C[C@@H](O)c2ccccc2)c(=O)n(C)c1=O. The molecule has 0 spiro atoms. The number of likely N-dealkylation sites (tertiary alicyclic amines) is 1. The van der Waals surface area contributed by atoms with Crippen LogP contribution in [0.2, 0.25) is 0 Å². The van der Waals surface area contributed by atoms with Crippen LogP contribution in [0.4, 0.5) is 0 Å². The Bertz CT molecular complexity index is 841. The molecular weight excluding hydrogens is 318 g/mol. The second-order valence-corrected chi connectivity index (χ2v) is 6.84. The molecule has 6 nitrogen and oxygen atoms in total. The molecular formula is C19H25N3O3. The molecule has 2 aromatic rings. The summed E-state index contributed by atoms with van der Waals surface area (Å²) in [5.41, 5.74) is 0.988. The standard InChI is InChI=1S/C19H25N3O3/c1-20-12-15(18(24)21(2)19(20)25)13-22-10-6-9-16(22)11-17(23)14-7-4-3-5-8-14/h3-5,7-8,12,16-17,23H,6,9-11,13H2,1-2H3/t16-,17-/m1/s1. The van der Waals surface area contributed by atoms with Crippen LogP contribution in [0.3, 0.4) is 0 Å². The highest BCUT2D eigenvalue weighted by Crippen LogP contribution is 2.28. The molecule has 2 atom stereocenters. The maximum absolute atomic E-state index is 12.4. The average Bonchev–Trinajstić information content (AvgIpc) is 3.05. The molecule has 1 aromatic carbocycles. The molecule has 0 aliphatic carbocycles. The molecule has 25 heavy (non-hydrogen) atoms. The summed E-state index contributed by atoms with van der Waals surface area (Å²) in [6, 6.07) is 9.91. The van der Waals surface area contributed by atoms with E-state index in [1.165, 1.54) is 11.6 Å². The van der Waals surface area contributed by atoms with Crippen LogP contribution in [0.5, 0.6) is 0 Å². The maximum Gasteiger partial charge on any atom is 0.330 e. The Kier molecular flexibility index (Phi) is 5.20. The Balaban J connectivity index is 1.75. The van der Waals surface area contributed by atoms with Crippen LogP contribution < -0.4 is 11.2 Å². The lowest BCUT2D eigenvalue weighted by molar-refractivity contribution is 0.117. The molecule has 134 valence electrons. The molecule has 1 aliphatic rings. The second kappa shape index (κ2) is 7.37. The number of aromatic nitrogens is 2. The van der Waals surface area contributed by atoms with Gasteiger partial charge in [-0.2, -0.15) is 0 Å². The summed E-state index contributed by atoms with van der Waals surface area (Å²) in [4.78, 5) is 26.4. The van der Waals surface area contributed by atoms with Crippen molar-refractivity contribution >= 4 is 0 Å². The van der Waals surface area contributed by atoms with Crippen LogP contribution in [0, 0.1) is 0 Å². The quantitative estimate of drug-likeness (QED) is 0.885. The molecule has 1 saturated heterocycles. The third kappa shape index (κ3) is 3.75. The van der Waals surface area contributed by atoms with Crippen LogP contribution in [0.25, 0.3) is 0 Å². The Morgan fingerprint density at radius 1 is 1.20 bits per heavy atom. The molecule has 1 fully saturated rings. The molecule has 0 saturated carbocycles. The van der Waals surface area contributed by atoms with Crippen molar-refractivity contribution in [2.75, 3.05) is 6.54 Å². The van der Waals surface area contributed by atoms with Gasteiger partial charge in [0.25, 0.3) is 5.56 Å². The monoisotopic (exact) mass is 343 g/mol. The van der Waals surface area contributed by atoms with Gasteiger partial charge in [-0.05, 0) is 31.4 Å². The normalized spacial score (nSPS) is 19.2. The topological polar surface area (TPSA) is 67.5 Å². The van der Waals surface area contributed by atoms with Gasteiger partial charge in [0.15, 0.2) is 0 Å². The van der Waals surface area contributed by atoms with Gasteiger partial charge < -0.3 is 9.67 Å². The largest absolute Gasteiger partial charge is 0.388 e. The molecule has 0 bridgehead atoms. The number of rotatable bonds is 5. The van der Waals surface area contributed by atoms with Crippen molar-refractivity contribution in [2.45, 2.75) is 38.0 Å². The molecule has 0 unspecified atom stereocenters. The van der Waals surface area contributed by atoms with E-state index >= 15 is 0 Å². The fraction of sp³-hybridized carbons (Fsp3) is 0.474. The van der Waals surface area contributed by atoms with E-state index in [1.807, 2.05) is 30.3 Å². The van der Waals surface area contributed by atoms with Crippen molar-refractivity contribution in [3.63, 3.8) is 0 Å². The summed E-state index contributed by atoms with van der Waals surface area (Å²) < 4.78 is 2.60. The minimum Gasteiger partial charge on any atom is -0.388 e. The van der Waals surface area contributed by atoms with Gasteiger partial charge in [0.2, 0.25) is 0 Å². The van der Waals surface area contributed by atoms with Gasteiger partial charge in [-0.1, -0.05) is 30.3 Å². The van der Waals surface area contributed by atoms with E-state index in [2.05, 4.69) is 4.90 Å². The number of hydrogen-bond donors (Lipinski definition) is 1. The Morgan fingerprint density at radius 2 is 1.92 bits per heavy atom. The average molecular weight is 343 g/mol. The first kappa shape index (κ1) is 17.6. The third-order valence-corrected chi connectivity index (χ3v) is 5.07. The molecule has 1 N–H and O–H groups in total. The summed E-state index contributed by atoms with van der Waals surface area (Å²) in [6.45, 7) is 1.41. The van der Waals surface area contributed by atoms with Crippen LogP contribution in [-0.2, 0) is 20.6 Å². The first-order valence-electron chi connectivity index (χ1n) is 8.70. The van der Waals surface area contributed by atoms with E-state index in [0.717, 1.165) is 29.5 Å². The first-order chi connectivity index (χ1) is 12.0. The Morgan fingerprint density at radius 3 is 2.64 bits per heavy atom. The Labute approximate surface area is 147 Å². The van der Waals surface area contributed by atoms with E-state index in [0.29, 0.717) is 18.5 Å². The fourth-order valence-corrected chi connectivity index (χ4v) is 3.65. The summed E-state index contributed by atoms with van der Waals surface area (Å²) in [7, 11) is 3.17. The molecule has 1 aromatic heterocycles. The number of aryl methyl sites for hydroxylation is 1. The summed E-state index contributed by atoms with van der Waals surface area (Å²) in [5.74, 6) is 0. The van der Waals surface area contributed by atoms with Crippen molar-refractivity contribution in [1.82, 2.24) is 14.0 Å². The van der Waals surface area contributed by atoms with Crippen molar-refractivity contribution in [3.8, 4) is 0 Å². The maximum atomic E-state index is 12.4. The zero-order valence-electron chi connectivity index (χ0n) is 14.8. The number of benzene rings is 1. The van der Waals surface area contributed by atoms with E-state index in [1.54, 1.807) is 13.2 Å². The number of nitrogens with zero attached hydrogens (tertiary/aromatic N) is 3. The highest BCUT2D eigenvalue weighted by Gasteiger charge is 2.28. The van der Waals surface area contributed by atoms with Gasteiger partial charge in [0.1, 0.15) is 0 Å². The van der Waals surface area contributed by atoms with Crippen molar-refractivity contribution in [3.05, 3.63) is 68.5 Å². The van der Waals surface area contributed by atoms with Gasteiger partial charge in [-0.3, -0.25) is 14.3 Å². The van der Waals surface area contributed by atoms with E-state index in [9.17, 15) is 14.7 Å². The highest BCUT2D eigenvalue weighted by molar-refractivity contribution is 5.17. The van der Waals surface area contributed by atoms with Gasteiger partial charge in [0, 0.05) is 38.4 Å². The minimum atomic E-state index is -0.505. The second-order valence-electron chi connectivity index (χ2n) is 6.84. The zero-order valence-corrected chi connectivity index (χ0v) is 14.8. The van der Waals surface area contributed by atoms with Crippen molar-refractivity contribution in [2.24, 2.45) is 14.1 Å². The van der Waals surface area contributed by atoms with E-state index in [-0.39, 0.29) is 17.3 Å². The van der Waals surface area contributed by atoms with Gasteiger partial charge >= 0.3 is 5.69 Å². The summed E-state index contributed by atoms with van der Waals surface area (Å²) in [6.07, 6.45) is 3.84. The van der Waals surface area contributed by atoms with E-state index < -0.39 is 6.10 Å². The lowest BCUT2D eigenvalue weighted by Gasteiger charge is -2.26. The lowest BCUT2D eigenvalue weighted by Crippen LogP contribution is -2.41. The number of aliphatic hydroxyl groups excluding tert-OH is 1. The van der Waals surface area contributed by atoms with E-state index in [4.69, 9.17) is 0 Å². The summed E-state index contributed by atoms with van der Waals surface area (Å²) >= 11 is 0. The fourth-order valence-electron chi connectivity index (χ4n) is 3.65. The third-order valence-electron chi connectivity index (χ3n) is 5.07. The van der Waals surface area contributed by atoms with Gasteiger partial charge in [-0.25, -0.2) is 4.79 Å². The Hall–Kier alpha value is -2.18. The predicted molar refractivity (Wildman–Crippen MR) is 96.4 cm³/mol.